The molecule has 21 heavy (non-hydrogen) atoms. The van der Waals surface area contributed by atoms with E-state index < -0.39 is 0 Å². The molecule has 1 aromatic carbocycles. The van der Waals surface area contributed by atoms with Crippen molar-refractivity contribution in [3.63, 3.8) is 0 Å². The summed E-state index contributed by atoms with van der Waals surface area (Å²) in [6.07, 6.45) is 1.01. The molecule has 2 aromatic rings. The van der Waals surface area contributed by atoms with Gasteiger partial charge in [-0.1, -0.05) is 20.8 Å². The summed E-state index contributed by atoms with van der Waals surface area (Å²) in [6.45, 7) is 7.12. The second kappa shape index (κ2) is 6.98. The van der Waals surface area contributed by atoms with Gasteiger partial charge in [0, 0.05) is 12.1 Å². The lowest BCUT2D eigenvalue weighted by atomic mass is 10.1. The fourth-order valence-corrected chi connectivity index (χ4v) is 2.71. The quantitative estimate of drug-likeness (QED) is 0.824. The second-order valence-corrected chi connectivity index (χ2v) is 5.98. The van der Waals surface area contributed by atoms with Crippen LogP contribution in [0.4, 0.5) is 10.2 Å². The highest BCUT2D eigenvalue weighted by Gasteiger charge is 2.15. The van der Waals surface area contributed by atoms with Crippen LogP contribution < -0.4 is 5.32 Å². The van der Waals surface area contributed by atoms with E-state index in [-0.39, 0.29) is 11.7 Å². The van der Waals surface area contributed by atoms with E-state index in [1.807, 2.05) is 0 Å². The Hall–Kier alpha value is -1.49. The molecule has 0 radical (unpaired) electrons. The van der Waals surface area contributed by atoms with Crippen LogP contribution in [0.15, 0.2) is 28.7 Å². The zero-order chi connectivity index (χ0) is 15.4. The SMILES string of the molecule is CCCNc1nc(-c2ccc(F)cc2)nc(C(C)C)c1Br. The van der Waals surface area contributed by atoms with Gasteiger partial charge in [0.1, 0.15) is 11.6 Å². The molecule has 0 atom stereocenters. The van der Waals surface area contributed by atoms with Gasteiger partial charge in [-0.2, -0.15) is 0 Å². The normalized spacial score (nSPS) is 11.0. The van der Waals surface area contributed by atoms with Gasteiger partial charge in [0.25, 0.3) is 0 Å². The Morgan fingerprint density at radius 2 is 1.86 bits per heavy atom. The lowest BCUT2D eigenvalue weighted by Gasteiger charge is -2.14. The minimum atomic E-state index is -0.260. The molecule has 5 heteroatoms. The summed E-state index contributed by atoms with van der Waals surface area (Å²) in [6, 6.07) is 6.25. The second-order valence-electron chi connectivity index (χ2n) is 5.18. The van der Waals surface area contributed by atoms with Crippen LogP contribution in [0.1, 0.15) is 38.8 Å². The molecule has 0 amide bonds. The van der Waals surface area contributed by atoms with Crippen LogP contribution in [0.25, 0.3) is 11.4 Å². The first-order chi connectivity index (χ1) is 10.0. The van der Waals surface area contributed by atoms with E-state index in [0.717, 1.165) is 34.5 Å². The van der Waals surface area contributed by atoms with Gasteiger partial charge in [-0.05, 0) is 52.5 Å². The van der Waals surface area contributed by atoms with Gasteiger partial charge in [0.15, 0.2) is 5.82 Å². The number of hydrogen-bond acceptors (Lipinski definition) is 3. The molecule has 0 aliphatic carbocycles. The highest BCUT2D eigenvalue weighted by atomic mass is 79.9. The Kier molecular flexibility index (Phi) is 5.28. The Morgan fingerprint density at radius 3 is 2.43 bits per heavy atom. The van der Waals surface area contributed by atoms with Gasteiger partial charge >= 0.3 is 0 Å². The molecule has 2 rings (SSSR count). The lowest BCUT2D eigenvalue weighted by molar-refractivity contribution is 0.628. The van der Waals surface area contributed by atoms with E-state index in [2.05, 4.69) is 52.0 Å². The van der Waals surface area contributed by atoms with Gasteiger partial charge in [0.2, 0.25) is 0 Å². The molecular formula is C16H19BrFN3. The molecule has 0 bridgehead atoms. The summed E-state index contributed by atoms with van der Waals surface area (Å²) in [4.78, 5) is 9.18. The highest BCUT2D eigenvalue weighted by Crippen LogP contribution is 2.31. The number of nitrogens with zero attached hydrogens (tertiary/aromatic N) is 2. The molecule has 3 nitrogen and oxygen atoms in total. The molecule has 0 aliphatic heterocycles. The predicted molar refractivity (Wildman–Crippen MR) is 88.0 cm³/mol. The van der Waals surface area contributed by atoms with Gasteiger partial charge in [-0.3, -0.25) is 0 Å². The molecule has 0 unspecified atom stereocenters. The number of hydrogen-bond donors (Lipinski definition) is 1. The summed E-state index contributed by atoms with van der Waals surface area (Å²) < 4.78 is 14.0. The van der Waals surface area contributed by atoms with E-state index in [1.165, 1.54) is 12.1 Å². The third kappa shape index (κ3) is 3.79. The van der Waals surface area contributed by atoms with Crippen molar-refractivity contribution in [2.75, 3.05) is 11.9 Å². The Balaban J connectivity index is 2.50. The summed E-state index contributed by atoms with van der Waals surface area (Å²) in [5.41, 5.74) is 1.76. The molecule has 112 valence electrons. The average molecular weight is 352 g/mol. The van der Waals surface area contributed by atoms with Crippen molar-refractivity contribution in [1.82, 2.24) is 9.97 Å². The molecule has 1 heterocycles. The minimum absolute atomic E-state index is 0.260. The number of halogens is 2. The fraction of sp³-hybridized carbons (Fsp3) is 0.375. The Morgan fingerprint density at radius 1 is 1.19 bits per heavy atom. The molecule has 1 N–H and O–H groups in total. The van der Waals surface area contributed by atoms with E-state index in [9.17, 15) is 4.39 Å². The highest BCUT2D eigenvalue weighted by molar-refractivity contribution is 9.10. The van der Waals surface area contributed by atoms with Crippen molar-refractivity contribution >= 4 is 21.7 Å². The summed E-state index contributed by atoms with van der Waals surface area (Å²) in [7, 11) is 0. The maximum absolute atomic E-state index is 13.1. The minimum Gasteiger partial charge on any atom is -0.369 e. The lowest BCUT2D eigenvalue weighted by Crippen LogP contribution is -2.08. The van der Waals surface area contributed by atoms with Crippen LogP contribution in [0, 0.1) is 5.82 Å². The predicted octanol–water partition coefficient (Wildman–Crippen LogP) is 4.99. The first kappa shape index (κ1) is 15.9. The number of rotatable bonds is 5. The van der Waals surface area contributed by atoms with Crippen molar-refractivity contribution in [2.24, 2.45) is 0 Å². The van der Waals surface area contributed by atoms with Gasteiger partial charge in [-0.15, -0.1) is 0 Å². The first-order valence-electron chi connectivity index (χ1n) is 7.10. The van der Waals surface area contributed by atoms with Crippen LogP contribution in [0.2, 0.25) is 0 Å². The topological polar surface area (TPSA) is 37.8 Å². The standard InChI is InChI=1S/C16H19BrFN3/c1-4-9-19-16-13(17)14(10(2)3)20-15(21-16)11-5-7-12(18)8-6-11/h5-8,10H,4,9H2,1-3H3,(H,19,20,21). The van der Waals surface area contributed by atoms with Crippen LogP contribution in [0.5, 0.6) is 0 Å². The van der Waals surface area contributed by atoms with Crippen molar-refractivity contribution in [2.45, 2.75) is 33.1 Å². The van der Waals surface area contributed by atoms with Crippen molar-refractivity contribution in [3.8, 4) is 11.4 Å². The monoisotopic (exact) mass is 351 g/mol. The maximum Gasteiger partial charge on any atom is 0.161 e. The van der Waals surface area contributed by atoms with E-state index in [0.29, 0.717) is 5.82 Å². The maximum atomic E-state index is 13.1. The van der Waals surface area contributed by atoms with Gasteiger partial charge < -0.3 is 5.32 Å². The smallest absolute Gasteiger partial charge is 0.161 e. The number of nitrogens with one attached hydrogen (secondary N) is 1. The largest absolute Gasteiger partial charge is 0.369 e. The fourth-order valence-electron chi connectivity index (χ4n) is 1.94. The number of anilines is 1. The summed E-state index contributed by atoms with van der Waals surface area (Å²) >= 11 is 3.58. The van der Waals surface area contributed by atoms with Crippen molar-refractivity contribution in [1.29, 1.82) is 0 Å². The zero-order valence-electron chi connectivity index (χ0n) is 12.5. The average Bonchev–Trinajstić information content (AvgIpc) is 2.47. The third-order valence-electron chi connectivity index (χ3n) is 3.07. The first-order valence-corrected chi connectivity index (χ1v) is 7.89. The van der Waals surface area contributed by atoms with E-state index in [4.69, 9.17) is 0 Å². The van der Waals surface area contributed by atoms with Crippen LogP contribution in [-0.4, -0.2) is 16.5 Å². The number of aromatic nitrogens is 2. The van der Waals surface area contributed by atoms with Gasteiger partial charge in [0.05, 0.1) is 10.2 Å². The van der Waals surface area contributed by atoms with E-state index in [1.54, 1.807) is 12.1 Å². The molecule has 0 aliphatic rings. The van der Waals surface area contributed by atoms with Crippen molar-refractivity contribution in [3.05, 3.63) is 40.2 Å². The molecule has 0 saturated heterocycles. The molecule has 0 saturated carbocycles. The van der Waals surface area contributed by atoms with Crippen LogP contribution >= 0.6 is 15.9 Å². The van der Waals surface area contributed by atoms with E-state index >= 15 is 0 Å². The molecule has 0 fully saturated rings. The van der Waals surface area contributed by atoms with Gasteiger partial charge in [-0.25, -0.2) is 14.4 Å². The Labute approximate surface area is 133 Å². The molecule has 1 aromatic heterocycles. The molecule has 0 spiro atoms. The summed E-state index contributed by atoms with van der Waals surface area (Å²) in [5.74, 6) is 1.41. The van der Waals surface area contributed by atoms with Crippen molar-refractivity contribution < 1.29 is 4.39 Å². The number of benzene rings is 1. The third-order valence-corrected chi connectivity index (χ3v) is 3.85. The Bertz CT molecular complexity index is 612. The molecular weight excluding hydrogens is 333 g/mol. The van der Waals surface area contributed by atoms with Crippen LogP contribution in [0.3, 0.4) is 0 Å². The zero-order valence-corrected chi connectivity index (χ0v) is 14.0. The van der Waals surface area contributed by atoms with Crippen LogP contribution in [-0.2, 0) is 0 Å². The summed E-state index contributed by atoms with van der Waals surface area (Å²) in [5, 5.41) is 3.31.